The number of imidazole rings is 1. The van der Waals surface area contributed by atoms with Crippen molar-refractivity contribution in [3.63, 3.8) is 0 Å². The van der Waals surface area contributed by atoms with Gasteiger partial charge in [0.15, 0.2) is 0 Å². The van der Waals surface area contributed by atoms with E-state index in [0.717, 1.165) is 38.2 Å². The molecule has 2 heterocycles. The van der Waals surface area contributed by atoms with Gasteiger partial charge in [0.25, 0.3) is 0 Å². The molecule has 5 heteroatoms. The number of rotatable bonds is 4. The molecular formula is C12H20N4O. The van der Waals surface area contributed by atoms with Gasteiger partial charge in [0.1, 0.15) is 6.54 Å². The number of likely N-dealkylation sites (tertiary alicyclic amines) is 1. The van der Waals surface area contributed by atoms with Gasteiger partial charge in [-0.3, -0.25) is 4.79 Å². The van der Waals surface area contributed by atoms with E-state index in [0.29, 0.717) is 6.54 Å². The maximum Gasteiger partial charge on any atom is 0.242 e. The Morgan fingerprint density at radius 3 is 2.88 bits per heavy atom. The van der Waals surface area contributed by atoms with E-state index in [1.54, 1.807) is 6.33 Å². The summed E-state index contributed by atoms with van der Waals surface area (Å²) in [6, 6.07) is 0. The molecule has 0 radical (unpaired) electrons. The van der Waals surface area contributed by atoms with E-state index in [2.05, 4.69) is 10.3 Å². The van der Waals surface area contributed by atoms with Crippen LogP contribution in [0.25, 0.3) is 0 Å². The molecule has 1 N–H and O–H groups in total. The first kappa shape index (κ1) is 12.1. The SMILES string of the molecule is CNCc1cn(CC(=O)N2CCCCC2)cn1. The quantitative estimate of drug-likeness (QED) is 0.833. The van der Waals surface area contributed by atoms with Crippen LogP contribution >= 0.6 is 0 Å². The van der Waals surface area contributed by atoms with Gasteiger partial charge in [-0.1, -0.05) is 0 Å². The number of carbonyl (C=O) groups is 1. The number of hydrogen-bond donors (Lipinski definition) is 1. The van der Waals surface area contributed by atoms with Gasteiger partial charge in [0.2, 0.25) is 5.91 Å². The Hall–Kier alpha value is -1.36. The molecule has 0 bridgehead atoms. The van der Waals surface area contributed by atoms with Gasteiger partial charge < -0.3 is 14.8 Å². The molecule has 1 aliphatic rings. The molecule has 1 fully saturated rings. The number of amides is 1. The third kappa shape index (κ3) is 3.30. The van der Waals surface area contributed by atoms with Crippen LogP contribution < -0.4 is 5.32 Å². The molecule has 0 atom stereocenters. The Morgan fingerprint density at radius 2 is 2.18 bits per heavy atom. The third-order valence-electron chi connectivity index (χ3n) is 3.07. The predicted octanol–water partition coefficient (Wildman–Crippen LogP) is 0.615. The molecule has 1 aliphatic heterocycles. The second-order valence-corrected chi connectivity index (χ2v) is 4.51. The summed E-state index contributed by atoms with van der Waals surface area (Å²) in [7, 11) is 1.89. The fourth-order valence-electron chi connectivity index (χ4n) is 2.16. The minimum absolute atomic E-state index is 0.207. The molecule has 0 saturated carbocycles. The van der Waals surface area contributed by atoms with Crippen LogP contribution in [0.15, 0.2) is 12.5 Å². The Morgan fingerprint density at radius 1 is 1.41 bits per heavy atom. The summed E-state index contributed by atoms with van der Waals surface area (Å²) in [5.74, 6) is 0.207. The van der Waals surface area contributed by atoms with Crippen molar-refractivity contribution in [3.05, 3.63) is 18.2 Å². The topological polar surface area (TPSA) is 50.2 Å². The highest BCUT2D eigenvalue weighted by Gasteiger charge is 2.16. The minimum atomic E-state index is 0.207. The lowest BCUT2D eigenvalue weighted by Gasteiger charge is -2.26. The van der Waals surface area contributed by atoms with E-state index in [9.17, 15) is 4.79 Å². The van der Waals surface area contributed by atoms with Crippen LogP contribution in [0.1, 0.15) is 25.0 Å². The molecule has 0 spiro atoms. The molecule has 0 aromatic carbocycles. The molecule has 2 rings (SSSR count). The number of piperidine rings is 1. The number of nitrogens with one attached hydrogen (secondary N) is 1. The van der Waals surface area contributed by atoms with E-state index in [4.69, 9.17) is 0 Å². The summed E-state index contributed by atoms with van der Waals surface area (Å²) in [6.45, 7) is 2.98. The minimum Gasteiger partial charge on any atom is -0.341 e. The molecular weight excluding hydrogens is 216 g/mol. The second kappa shape index (κ2) is 5.82. The van der Waals surface area contributed by atoms with Crippen LogP contribution in [0.3, 0.4) is 0 Å². The number of carbonyl (C=O) groups excluding carboxylic acids is 1. The third-order valence-corrected chi connectivity index (χ3v) is 3.07. The molecule has 0 aliphatic carbocycles. The van der Waals surface area contributed by atoms with Crippen LogP contribution in [-0.2, 0) is 17.9 Å². The molecule has 94 valence electrons. The number of hydrogen-bond acceptors (Lipinski definition) is 3. The normalized spacial score (nSPS) is 16.2. The van der Waals surface area contributed by atoms with Crippen LogP contribution in [0, 0.1) is 0 Å². The highest BCUT2D eigenvalue weighted by Crippen LogP contribution is 2.09. The van der Waals surface area contributed by atoms with Crippen molar-refractivity contribution in [2.24, 2.45) is 0 Å². The van der Waals surface area contributed by atoms with Gasteiger partial charge in [-0.05, 0) is 26.3 Å². The van der Waals surface area contributed by atoms with Crippen LogP contribution in [0.2, 0.25) is 0 Å². The molecule has 0 unspecified atom stereocenters. The number of aromatic nitrogens is 2. The summed E-state index contributed by atoms with van der Waals surface area (Å²) in [5.41, 5.74) is 0.971. The second-order valence-electron chi connectivity index (χ2n) is 4.51. The van der Waals surface area contributed by atoms with Gasteiger partial charge in [0, 0.05) is 25.8 Å². The summed E-state index contributed by atoms with van der Waals surface area (Å²) in [5, 5.41) is 3.04. The van der Waals surface area contributed by atoms with Crippen molar-refractivity contribution in [1.82, 2.24) is 19.8 Å². The van der Waals surface area contributed by atoms with E-state index in [1.807, 2.05) is 22.7 Å². The predicted molar refractivity (Wildman–Crippen MR) is 65.4 cm³/mol. The van der Waals surface area contributed by atoms with Crippen molar-refractivity contribution >= 4 is 5.91 Å². The molecule has 17 heavy (non-hydrogen) atoms. The van der Waals surface area contributed by atoms with Crippen LogP contribution in [0.4, 0.5) is 0 Å². The van der Waals surface area contributed by atoms with Gasteiger partial charge in [-0.15, -0.1) is 0 Å². The first-order valence-electron chi connectivity index (χ1n) is 6.22. The number of nitrogens with zero attached hydrogens (tertiary/aromatic N) is 3. The lowest BCUT2D eigenvalue weighted by Crippen LogP contribution is -2.37. The highest BCUT2D eigenvalue weighted by atomic mass is 16.2. The zero-order valence-corrected chi connectivity index (χ0v) is 10.4. The fourth-order valence-corrected chi connectivity index (χ4v) is 2.16. The van der Waals surface area contributed by atoms with E-state index in [1.165, 1.54) is 6.42 Å². The summed E-state index contributed by atoms with van der Waals surface area (Å²) in [4.78, 5) is 18.2. The average Bonchev–Trinajstić information content (AvgIpc) is 2.78. The molecule has 5 nitrogen and oxygen atoms in total. The van der Waals surface area contributed by atoms with Crippen LogP contribution in [0.5, 0.6) is 0 Å². The van der Waals surface area contributed by atoms with Crippen molar-refractivity contribution in [2.75, 3.05) is 20.1 Å². The first-order valence-corrected chi connectivity index (χ1v) is 6.22. The van der Waals surface area contributed by atoms with Crippen molar-refractivity contribution in [1.29, 1.82) is 0 Å². The molecule has 1 aromatic heterocycles. The molecule has 1 aromatic rings. The van der Waals surface area contributed by atoms with Crippen LogP contribution in [-0.4, -0.2) is 40.5 Å². The van der Waals surface area contributed by atoms with E-state index < -0.39 is 0 Å². The Labute approximate surface area is 102 Å². The van der Waals surface area contributed by atoms with Crippen molar-refractivity contribution < 1.29 is 4.79 Å². The van der Waals surface area contributed by atoms with E-state index >= 15 is 0 Å². The van der Waals surface area contributed by atoms with Gasteiger partial charge in [0.05, 0.1) is 12.0 Å². The van der Waals surface area contributed by atoms with Gasteiger partial charge in [-0.2, -0.15) is 0 Å². The maximum absolute atomic E-state index is 12.0. The highest BCUT2D eigenvalue weighted by molar-refractivity contribution is 5.76. The smallest absolute Gasteiger partial charge is 0.242 e. The maximum atomic E-state index is 12.0. The van der Waals surface area contributed by atoms with Gasteiger partial charge >= 0.3 is 0 Å². The Bertz CT molecular complexity index is 368. The Kier molecular flexibility index (Phi) is 4.14. The first-order chi connectivity index (χ1) is 8.29. The zero-order chi connectivity index (χ0) is 12.1. The fraction of sp³-hybridized carbons (Fsp3) is 0.667. The Balaban J connectivity index is 1.88. The zero-order valence-electron chi connectivity index (χ0n) is 10.4. The van der Waals surface area contributed by atoms with Gasteiger partial charge in [-0.25, -0.2) is 4.98 Å². The lowest BCUT2D eigenvalue weighted by molar-refractivity contribution is -0.132. The van der Waals surface area contributed by atoms with E-state index in [-0.39, 0.29) is 5.91 Å². The monoisotopic (exact) mass is 236 g/mol. The summed E-state index contributed by atoms with van der Waals surface area (Å²) < 4.78 is 1.86. The summed E-state index contributed by atoms with van der Waals surface area (Å²) >= 11 is 0. The molecule has 1 saturated heterocycles. The van der Waals surface area contributed by atoms with Crippen molar-refractivity contribution in [3.8, 4) is 0 Å². The molecule has 1 amide bonds. The average molecular weight is 236 g/mol. The lowest BCUT2D eigenvalue weighted by atomic mass is 10.1. The summed E-state index contributed by atoms with van der Waals surface area (Å²) in [6.07, 6.45) is 7.19. The largest absolute Gasteiger partial charge is 0.341 e. The van der Waals surface area contributed by atoms with Crippen molar-refractivity contribution in [2.45, 2.75) is 32.4 Å². The standard InChI is InChI=1S/C12H20N4O/c1-13-7-11-8-15(10-14-11)9-12(17)16-5-3-2-4-6-16/h8,10,13H,2-7,9H2,1H3.